The van der Waals surface area contributed by atoms with Gasteiger partial charge in [-0.25, -0.2) is 19.3 Å². The topological polar surface area (TPSA) is 75.5 Å². The number of para-hydroxylation sites is 2. The molecule has 0 atom stereocenters. The predicted octanol–water partition coefficient (Wildman–Crippen LogP) is 2.81. The number of aromatic nitrogens is 3. The van der Waals surface area contributed by atoms with Crippen molar-refractivity contribution in [3.05, 3.63) is 35.2 Å². The molecule has 126 valence electrons. The average molecular weight is 347 g/mol. The zero-order valence-electron chi connectivity index (χ0n) is 13.2. The smallest absolute Gasteiger partial charge is 0.420 e. The summed E-state index contributed by atoms with van der Waals surface area (Å²) in [6, 6.07) is 7.41. The number of rotatable bonds is 7. The zero-order chi connectivity index (χ0) is 16.8. The number of fused-ring (bicyclic) bond motifs is 1. The number of benzene rings is 1. The third-order valence-corrected chi connectivity index (χ3v) is 3.88. The highest BCUT2D eigenvalue weighted by Gasteiger charge is 2.20. The fourth-order valence-corrected chi connectivity index (χ4v) is 2.73. The van der Waals surface area contributed by atoms with E-state index in [-0.39, 0.29) is 6.61 Å². The first-order valence-electron chi connectivity index (χ1n) is 7.41. The van der Waals surface area contributed by atoms with Gasteiger partial charge in [0.15, 0.2) is 5.82 Å². The largest absolute Gasteiger partial charge is 0.446 e. The Labute approximate surface area is 142 Å². The minimum absolute atomic E-state index is 0.158. The normalized spacial score (nSPS) is 11.0. The molecule has 0 saturated heterocycles. The first-order valence-corrected chi connectivity index (χ1v) is 8.35. The van der Waals surface area contributed by atoms with Gasteiger partial charge in [0, 0.05) is 12.5 Å². The number of hydrogen-bond donors (Lipinski definition) is 0. The lowest BCUT2D eigenvalue weighted by Crippen LogP contribution is -2.18. The Kier molecular flexibility index (Phi) is 5.52. The molecule has 0 aliphatic heterocycles. The van der Waals surface area contributed by atoms with E-state index in [1.54, 1.807) is 12.6 Å². The lowest BCUT2D eigenvalue weighted by atomic mass is 10.3. The minimum Gasteiger partial charge on any atom is -0.446 e. The van der Waals surface area contributed by atoms with Crippen LogP contribution in [0.3, 0.4) is 0 Å². The number of ether oxygens (including phenoxy) is 3. The quantitative estimate of drug-likeness (QED) is 0.612. The van der Waals surface area contributed by atoms with Crippen molar-refractivity contribution < 1.29 is 19.0 Å². The molecule has 0 unspecified atom stereocenters. The van der Waals surface area contributed by atoms with Crippen LogP contribution in [0.4, 0.5) is 4.79 Å². The van der Waals surface area contributed by atoms with Crippen LogP contribution in [0.1, 0.15) is 0 Å². The fourth-order valence-electron chi connectivity index (χ4n) is 2.20. The summed E-state index contributed by atoms with van der Waals surface area (Å²) in [5, 5.41) is 1.85. The summed E-state index contributed by atoms with van der Waals surface area (Å²) < 4.78 is 16.9. The molecule has 0 bridgehead atoms. The molecule has 8 heteroatoms. The lowest BCUT2D eigenvalue weighted by molar-refractivity contribution is 0.0426. The van der Waals surface area contributed by atoms with Gasteiger partial charge in [0.2, 0.25) is 0 Å². The third kappa shape index (κ3) is 3.61. The Morgan fingerprint density at radius 1 is 1.21 bits per heavy atom. The van der Waals surface area contributed by atoms with E-state index in [1.807, 2.05) is 29.6 Å². The molecule has 7 nitrogen and oxygen atoms in total. The maximum atomic E-state index is 12.5. The van der Waals surface area contributed by atoms with Gasteiger partial charge in [-0.05, 0) is 12.1 Å². The highest BCUT2D eigenvalue weighted by Crippen LogP contribution is 2.24. The molecule has 0 N–H and O–H groups in total. The van der Waals surface area contributed by atoms with Gasteiger partial charge in [-0.3, -0.25) is 0 Å². The van der Waals surface area contributed by atoms with Crippen molar-refractivity contribution in [1.29, 1.82) is 0 Å². The molecule has 0 aliphatic carbocycles. The standard InChI is InChI=1S/C16H17N3O4S/c1-21-6-7-22-8-9-23-16(20)19-14-5-3-2-4-12(14)18-15(19)13-10-24-11-17-13/h2-5,10-11H,6-9H2,1H3. The molecule has 0 fully saturated rings. The zero-order valence-corrected chi connectivity index (χ0v) is 14.0. The van der Waals surface area contributed by atoms with Crippen LogP contribution in [0, 0.1) is 0 Å². The Morgan fingerprint density at radius 3 is 2.83 bits per heavy atom. The van der Waals surface area contributed by atoms with Crippen molar-refractivity contribution in [2.24, 2.45) is 0 Å². The second kappa shape index (κ2) is 8.00. The van der Waals surface area contributed by atoms with Crippen molar-refractivity contribution in [2.75, 3.05) is 33.5 Å². The molecule has 2 aromatic heterocycles. The van der Waals surface area contributed by atoms with Gasteiger partial charge in [-0.15, -0.1) is 11.3 Å². The van der Waals surface area contributed by atoms with E-state index >= 15 is 0 Å². The summed E-state index contributed by atoms with van der Waals surface area (Å²) in [5.74, 6) is 0.475. The number of methoxy groups -OCH3 is 1. The SMILES string of the molecule is COCCOCCOC(=O)n1c(-c2cscn2)nc2ccccc21. The average Bonchev–Trinajstić information content (AvgIpc) is 3.24. The van der Waals surface area contributed by atoms with Crippen molar-refractivity contribution in [3.63, 3.8) is 0 Å². The van der Waals surface area contributed by atoms with Crippen LogP contribution >= 0.6 is 11.3 Å². The molecule has 2 heterocycles. The van der Waals surface area contributed by atoms with E-state index in [1.165, 1.54) is 15.9 Å². The summed E-state index contributed by atoms with van der Waals surface area (Å²) >= 11 is 1.45. The van der Waals surface area contributed by atoms with Crippen LogP contribution in [-0.4, -0.2) is 54.2 Å². The Morgan fingerprint density at radius 2 is 2.04 bits per heavy atom. The first kappa shape index (κ1) is 16.6. The van der Waals surface area contributed by atoms with E-state index < -0.39 is 6.09 Å². The summed E-state index contributed by atoms with van der Waals surface area (Å²) in [5.41, 5.74) is 3.75. The van der Waals surface area contributed by atoms with E-state index in [0.717, 1.165) is 0 Å². The summed E-state index contributed by atoms with van der Waals surface area (Å²) in [6.45, 7) is 1.44. The van der Waals surface area contributed by atoms with E-state index in [9.17, 15) is 4.79 Å². The third-order valence-electron chi connectivity index (χ3n) is 3.29. The summed E-state index contributed by atoms with van der Waals surface area (Å²) in [6.07, 6.45) is -0.498. The number of nitrogens with zero attached hydrogens (tertiary/aromatic N) is 3. The fraction of sp³-hybridized carbons (Fsp3) is 0.312. The van der Waals surface area contributed by atoms with Gasteiger partial charge in [0.1, 0.15) is 12.3 Å². The number of carbonyl (C=O) groups is 1. The van der Waals surface area contributed by atoms with E-state index in [4.69, 9.17) is 14.2 Å². The monoisotopic (exact) mass is 347 g/mol. The molecule has 0 spiro atoms. The van der Waals surface area contributed by atoms with Gasteiger partial charge in [-0.2, -0.15) is 0 Å². The number of imidazole rings is 1. The van der Waals surface area contributed by atoms with E-state index in [0.29, 0.717) is 42.4 Å². The highest BCUT2D eigenvalue weighted by atomic mass is 32.1. The van der Waals surface area contributed by atoms with Gasteiger partial charge < -0.3 is 14.2 Å². The van der Waals surface area contributed by atoms with Crippen molar-refractivity contribution in [1.82, 2.24) is 14.5 Å². The molecule has 3 aromatic rings. The van der Waals surface area contributed by atoms with Crippen molar-refractivity contribution in [2.45, 2.75) is 0 Å². The van der Waals surface area contributed by atoms with Gasteiger partial charge in [0.25, 0.3) is 0 Å². The van der Waals surface area contributed by atoms with Crippen LogP contribution in [0.5, 0.6) is 0 Å². The molecule has 0 aliphatic rings. The minimum atomic E-state index is -0.498. The number of hydrogen-bond acceptors (Lipinski definition) is 7. The summed E-state index contributed by atoms with van der Waals surface area (Å²) in [7, 11) is 1.60. The second-order valence-corrected chi connectivity index (χ2v) is 5.57. The van der Waals surface area contributed by atoms with Crippen LogP contribution < -0.4 is 0 Å². The molecule has 0 radical (unpaired) electrons. The van der Waals surface area contributed by atoms with Crippen LogP contribution in [0.2, 0.25) is 0 Å². The maximum absolute atomic E-state index is 12.5. The number of thiazole rings is 1. The summed E-state index contributed by atoms with van der Waals surface area (Å²) in [4.78, 5) is 21.3. The number of carbonyl (C=O) groups excluding carboxylic acids is 1. The molecular formula is C16H17N3O4S. The van der Waals surface area contributed by atoms with Gasteiger partial charge >= 0.3 is 6.09 Å². The van der Waals surface area contributed by atoms with Crippen LogP contribution in [-0.2, 0) is 14.2 Å². The highest BCUT2D eigenvalue weighted by molar-refractivity contribution is 7.07. The van der Waals surface area contributed by atoms with Gasteiger partial charge in [0.05, 0.1) is 36.4 Å². The molecule has 0 saturated carbocycles. The first-order chi connectivity index (χ1) is 11.8. The maximum Gasteiger partial charge on any atom is 0.420 e. The molecule has 3 rings (SSSR count). The predicted molar refractivity (Wildman–Crippen MR) is 90.3 cm³/mol. The molecule has 24 heavy (non-hydrogen) atoms. The Hall–Kier alpha value is -2.29. The molecule has 1 aromatic carbocycles. The van der Waals surface area contributed by atoms with E-state index in [2.05, 4.69) is 9.97 Å². The van der Waals surface area contributed by atoms with Crippen LogP contribution in [0.15, 0.2) is 35.2 Å². The lowest BCUT2D eigenvalue weighted by Gasteiger charge is -2.08. The molecular weight excluding hydrogens is 330 g/mol. The van der Waals surface area contributed by atoms with Crippen molar-refractivity contribution in [3.8, 4) is 11.5 Å². The second-order valence-electron chi connectivity index (χ2n) is 4.85. The molecule has 0 amide bonds. The Balaban J connectivity index is 1.77. The van der Waals surface area contributed by atoms with Crippen molar-refractivity contribution >= 4 is 28.5 Å². The van der Waals surface area contributed by atoms with Gasteiger partial charge in [-0.1, -0.05) is 12.1 Å². The Bertz CT molecular complexity index is 801. The van der Waals surface area contributed by atoms with Crippen LogP contribution in [0.25, 0.3) is 22.6 Å².